The van der Waals surface area contributed by atoms with Crippen LogP contribution in [0, 0.1) is 17.3 Å². The van der Waals surface area contributed by atoms with Crippen molar-refractivity contribution in [2.45, 2.75) is 97.8 Å². The molecule has 1 unspecified atom stereocenters. The molecular weight excluding hydrogens is 282 g/mol. The first-order valence-electron chi connectivity index (χ1n) is 10.4. The molecule has 2 rings (SSSR count). The van der Waals surface area contributed by atoms with E-state index in [9.17, 15) is 4.79 Å². The zero-order valence-electron chi connectivity index (χ0n) is 15.9. The summed E-state index contributed by atoms with van der Waals surface area (Å²) in [4.78, 5) is 14.5. The Labute approximate surface area is 144 Å². The molecule has 1 spiro atoms. The summed E-state index contributed by atoms with van der Waals surface area (Å²) in [5, 5.41) is 0. The van der Waals surface area contributed by atoms with Gasteiger partial charge < -0.3 is 4.90 Å². The van der Waals surface area contributed by atoms with E-state index >= 15 is 0 Å². The van der Waals surface area contributed by atoms with Crippen molar-refractivity contribution >= 4 is 5.91 Å². The molecule has 0 aromatic rings. The Kier molecular flexibility index (Phi) is 7.43. The molecule has 1 atom stereocenters. The molecule has 1 saturated heterocycles. The van der Waals surface area contributed by atoms with E-state index in [0.29, 0.717) is 11.3 Å². The molecule has 1 aliphatic carbocycles. The minimum absolute atomic E-state index is 0.423. The van der Waals surface area contributed by atoms with Gasteiger partial charge in [0.25, 0.3) is 0 Å². The predicted octanol–water partition coefficient (Wildman–Crippen LogP) is 5.80. The lowest BCUT2D eigenvalue weighted by Gasteiger charge is -2.53. The van der Waals surface area contributed by atoms with Crippen LogP contribution in [0.1, 0.15) is 97.8 Å². The lowest BCUT2D eigenvalue weighted by Crippen LogP contribution is -2.48. The van der Waals surface area contributed by atoms with Crippen molar-refractivity contribution in [1.29, 1.82) is 0 Å². The highest BCUT2D eigenvalue weighted by molar-refractivity contribution is 5.76. The molecule has 1 amide bonds. The number of piperidine rings is 1. The summed E-state index contributed by atoms with van der Waals surface area (Å²) in [6, 6.07) is 0. The maximum atomic E-state index is 12.3. The van der Waals surface area contributed by atoms with Gasteiger partial charge in [0.1, 0.15) is 0 Å². The molecular formula is C21H39NO. The van der Waals surface area contributed by atoms with Gasteiger partial charge in [0.2, 0.25) is 5.91 Å². The predicted molar refractivity (Wildman–Crippen MR) is 98.4 cm³/mol. The minimum atomic E-state index is 0.423. The summed E-state index contributed by atoms with van der Waals surface area (Å²) in [5.74, 6) is 2.30. The summed E-state index contributed by atoms with van der Waals surface area (Å²) in [6.07, 6.45) is 15.2. The fraction of sp³-hybridized carbons (Fsp3) is 0.952. The van der Waals surface area contributed by atoms with Crippen LogP contribution in [-0.2, 0) is 4.79 Å². The third kappa shape index (κ3) is 5.50. The Morgan fingerprint density at radius 2 is 1.74 bits per heavy atom. The third-order valence-corrected chi connectivity index (χ3v) is 6.55. The number of unbranched alkanes of at least 4 members (excludes halogenated alkanes) is 4. The van der Waals surface area contributed by atoms with Crippen LogP contribution in [0.25, 0.3) is 0 Å². The van der Waals surface area contributed by atoms with Crippen LogP contribution in [-0.4, -0.2) is 23.9 Å². The first-order chi connectivity index (χ1) is 11.1. The second kappa shape index (κ2) is 9.08. The van der Waals surface area contributed by atoms with Crippen molar-refractivity contribution < 1.29 is 4.79 Å². The molecule has 0 bridgehead atoms. The van der Waals surface area contributed by atoms with Crippen molar-refractivity contribution in [3.8, 4) is 0 Å². The average Bonchev–Trinajstić information content (AvgIpc) is 2.53. The zero-order chi connectivity index (χ0) is 16.7. The van der Waals surface area contributed by atoms with E-state index in [1.165, 1.54) is 64.2 Å². The Bertz CT molecular complexity index is 349. The van der Waals surface area contributed by atoms with Crippen LogP contribution in [0.15, 0.2) is 0 Å². The minimum Gasteiger partial charge on any atom is -0.343 e. The number of hydrogen-bond acceptors (Lipinski definition) is 1. The van der Waals surface area contributed by atoms with Crippen LogP contribution < -0.4 is 0 Å². The van der Waals surface area contributed by atoms with Crippen molar-refractivity contribution in [2.24, 2.45) is 17.3 Å². The highest BCUT2D eigenvalue weighted by atomic mass is 16.2. The van der Waals surface area contributed by atoms with Gasteiger partial charge in [-0.1, -0.05) is 52.9 Å². The first kappa shape index (κ1) is 18.8. The van der Waals surface area contributed by atoms with E-state index in [0.717, 1.165) is 37.8 Å². The molecule has 2 nitrogen and oxygen atoms in total. The maximum absolute atomic E-state index is 12.3. The molecule has 0 aromatic heterocycles. The van der Waals surface area contributed by atoms with Crippen molar-refractivity contribution in [1.82, 2.24) is 4.90 Å². The molecule has 0 radical (unpaired) electrons. The fourth-order valence-electron chi connectivity index (χ4n) is 4.74. The van der Waals surface area contributed by atoms with Crippen molar-refractivity contribution in [2.75, 3.05) is 13.1 Å². The van der Waals surface area contributed by atoms with Gasteiger partial charge in [-0.15, -0.1) is 0 Å². The monoisotopic (exact) mass is 321 g/mol. The first-order valence-corrected chi connectivity index (χ1v) is 10.4. The number of amides is 1. The number of nitrogens with zero attached hydrogens (tertiary/aromatic N) is 1. The fourth-order valence-corrected chi connectivity index (χ4v) is 4.74. The van der Waals surface area contributed by atoms with E-state index in [1.54, 1.807) is 0 Å². The Balaban J connectivity index is 1.60. The van der Waals surface area contributed by atoms with Gasteiger partial charge in [-0.2, -0.15) is 0 Å². The Morgan fingerprint density at radius 1 is 1.09 bits per heavy atom. The van der Waals surface area contributed by atoms with Gasteiger partial charge in [-0.05, 0) is 55.8 Å². The van der Waals surface area contributed by atoms with Crippen LogP contribution in [0.4, 0.5) is 0 Å². The van der Waals surface area contributed by atoms with E-state index in [4.69, 9.17) is 0 Å². The van der Waals surface area contributed by atoms with Gasteiger partial charge in [-0.25, -0.2) is 0 Å². The maximum Gasteiger partial charge on any atom is 0.222 e. The smallest absolute Gasteiger partial charge is 0.222 e. The molecule has 0 aromatic carbocycles. The number of carbonyl (C=O) groups excluding carboxylic acids is 1. The van der Waals surface area contributed by atoms with E-state index in [1.807, 2.05) is 0 Å². The number of hydrogen-bond donors (Lipinski definition) is 0. The molecule has 1 heterocycles. The zero-order valence-corrected chi connectivity index (χ0v) is 15.9. The van der Waals surface area contributed by atoms with Crippen molar-refractivity contribution in [3.63, 3.8) is 0 Å². The highest BCUT2D eigenvalue weighted by Crippen LogP contribution is 2.54. The topological polar surface area (TPSA) is 20.3 Å². The van der Waals surface area contributed by atoms with E-state index in [-0.39, 0.29) is 0 Å². The lowest BCUT2D eigenvalue weighted by molar-refractivity contribution is -0.135. The second-order valence-corrected chi connectivity index (χ2v) is 8.57. The molecule has 2 aliphatic rings. The average molecular weight is 322 g/mol. The SMILES string of the molecule is CCCCCCCC(=O)N1CCC2(CC1)CC(CC(C)CC)C2. The quantitative estimate of drug-likeness (QED) is 0.491. The van der Waals surface area contributed by atoms with Gasteiger partial charge in [-0.3, -0.25) is 4.79 Å². The third-order valence-electron chi connectivity index (χ3n) is 6.55. The van der Waals surface area contributed by atoms with Crippen LogP contribution >= 0.6 is 0 Å². The van der Waals surface area contributed by atoms with E-state index in [2.05, 4.69) is 25.7 Å². The van der Waals surface area contributed by atoms with Crippen LogP contribution in [0.5, 0.6) is 0 Å². The molecule has 1 saturated carbocycles. The standard InChI is InChI=1S/C21H39NO/c1-4-6-7-8-9-10-20(23)22-13-11-21(12-14-22)16-19(17-21)15-18(3)5-2/h18-19H,4-17H2,1-3H3. The second-order valence-electron chi connectivity index (χ2n) is 8.57. The largest absolute Gasteiger partial charge is 0.343 e. The van der Waals surface area contributed by atoms with Gasteiger partial charge in [0, 0.05) is 19.5 Å². The molecule has 2 heteroatoms. The molecule has 23 heavy (non-hydrogen) atoms. The highest BCUT2D eigenvalue weighted by Gasteiger charge is 2.45. The Hall–Kier alpha value is -0.530. The Morgan fingerprint density at radius 3 is 2.35 bits per heavy atom. The normalized spacial score (nSPS) is 22.1. The van der Waals surface area contributed by atoms with Crippen LogP contribution in [0.3, 0.4) is 0 Å². The lowest BCUT2D eigenvalue weighted by atomic mass is 9.56. The van der Waals surface area contributed by atoms with Crippen molar-refractivity contribution in [3.05, 3.63) is 0 Å². The van der Waals surface area contributed by atoms with E-state index < -0.39 is 0 Å². The number of likely N-dealkylation sites (tertiary alicyclic amines) is 1. The molecule has 0 N–H and O–H groups in total. The molecule has 1 aliphatic heterocycles. The summed E-state index contributed by atoms with van der Waals surface area (Å²) in [6.45, 7) is 9.01. The number of carbonyl (C=O) groups is 1. The summed E-state index contributed by atoms with van der Waals surface area (Å²) < 4.78 is 0. The molecule has 134 valence electrons. The van der Waals surface area contributed by atoms with Crippen LogP contribution in [0.2, 0.25) is 0 Å². The molecule has 2 fully saturated rings. The van der Waals surface area contributed by atoms with Gasteiger partial charge >= 0.3 is 0 Å². The number of rotatable bonds is 9. The summed E-state index contributed by atoms with van der Waals surface area (Å²) >= 11 is 0. The summed E-state index contributed by atoms with van der Waals surface area (Å²) in [7, 11) is 0. The van der Waals surface area contributed by atoms with Gasteiger partial charge in [0.05, 0.1) is 0 Å². The summed E-state index contributed by atoms with van der Waals surface area (Å²) in [5.41, 5.74) is 0.621. The van der Waals surface area contributed by atoms with Gasteiger partial charge in [0.15, 0.2) is 0 Å².